The lowest BCUT2D eigenvalue weighted by Gasteiger charge is -2.19. The smallest absolute Gasteiger partial charge is 0.279 e. The lowest BCUT2D eigenvalue weighted by atomic mass is 10.1. The molecule has 0 saturated heterocycles. The van der Waals surface area contributed by atoms with Gasteiger partial charge in [-0.3, -0.25) is 15.6 Å². The molecule has 0 aliphatic heterocycles. The molecule has 1 rings (SSSR count). The van der Waals surface area contributed by atoms with E-state index in [0.29, 0.717) is 15.9 Å². The normalized spacial score (nSPS) is 11.5. The maximum absolute atomic E-state index is 12.1. The van der Waals surface area contributed by atoms with Crippen LogP contribution < -0.4 is 20.9 Å². The van der Waals surface area contributed by atoms with Crippen LogP contribution in [0.25, 0.3) is 0 Å². The second-order valence-electron chi connectivity index (χ2n) is 5.35. The molecule has 23 heavy (non-hydrogen) atoms. The van der Waals surface area contributed by atoms with Gasteiger partial charge in [-0.05, 0) is 62.7 Å². The van der Waals surface area contributed by atoms with Crippen molar-refractivity contribution in [2.45, 2.75) is 46.6 Å². The Balaban J connectivity index is 2.50. The van der Waals surface area contributed by atoms with E-state index >= 15 is 0 Å². The van der Waals surface area contributed by atoms with E-state index in [1.54, 1.807) is 19.1 Å². The van der Waals surface area contributed by atoms with Crippen LogP contribution in [0.15, 0.2) is 12.1 Å². The van der Waals surface area contributed by atoms with Crippen LogP contribution in [-0.2, 0) is 4.79 Å². The van der Waals surface area contributed by atoms with Gasteiger partial charge in [0.25, 0.3) is 5.91 Å². The molecule has 7 heteroatoms. The molecule has 0 spiro atoms. The van der Waals surface area contributed by atoms with Crippen molar-refractivity contribution in [1.29, 1.82) is 0 Å². The molecule has 0 unspecified atom stereocenters. The molecular weight excluding hydrogens is 334 g/mol. The summed E-state index contributed by atoms with van der Waals surface area (Å²) < 4.78 is 5.75. The van der Waals surface area contributed by atoms with Crippen LogP contribution in [0.1, 0.15) is 37.8 Å². The van der Waals surface area contributed by atoms with Gasteiger partial charge in [0, 0.05) is 11.6 Å². The fourth-order valence-electron chi connectivity index (χ4n) is 1.96. The van der Waals surface area contributed by atoms with Gasteiger partial charge >= 0.3 is 0 Å². The molecule has 1 atom stereocenters. The van der Waals surface area contributed by atoms with Gasteiger partial charge in [-0.15, -0.1) is 0 Å². The molecular formula is C16H24ClN3O2S. The van der Waals surface area contributed by atoms with Crippen molar-refractivity contribution in [2.75, 3.05) is 6.54 Å². The third-order valence-electron chi connectivity index (χ3n) is 3.20. The van der Waals surface area contributed by atoms with Gasteiger partial charge in [0.1, 0.15) is 5.75 Å². The average molecular weight is 358 g/mol. The first kappa shape index (κ1) is 19.5. The summed E-state index contributed by atoms with van der Waals surface area (Å²) in [5.74, 6) is 0.360. The number of hydrogen-bond acceptors (Lipinski definition) is 3. The highest BCUT2D eigenvalue weighted by Gasteiger charge is 2.17. The van der Waals surface area contributed by atoms with Crippen molar-refractivity contribution >= 4 is 34.8 Å². The maximum atomic E-state index is 12.1. The Bertz CT molecular complexity index is 543. The van der Waals surface area contributed by atoms with Gasteiger partial charge in [0.2, 0.25) is 0 Å². The summed E-state index contributed by atoms with van der Waals surface area (Å²) in [7, 11) is 0. The number of aryl methyl sites for hydroxylation is 2. The topological polar surface area (TPSA) is 62.4 Å². The van der Waals surface area contributed by atoms with Crippen molar-refractivity contribution < 1.29 is 9.53 Å². The Morgan fingerprint density at radius 2 is 1.91 bits per heavy atom. The summed E-state index contributed by atoms with van der Waals surface area (Å²) in [5.41, 5.74) is 6.98. The number of thiocarbonyl (C=S) groups is 1. The molecule has 1 aromatic rings. The number of nitrogens with one attached hydrogen (secondary N) is 3. The molecule has 0 radical (unpaired) electrons. The number of halogens is 1. The molecule has 5 nitrogen and oxygen atoms in total. The van der Waals surface area contributed by atoms with Crippen LogP contribution in [0.5, 0.6) is 5.75 Å². The number of hydrazine groups is 1. The molecule has 0 aliphatic carbocycles. The third kappa shape index (κ3) is 6.62. The lowest BCUT2D eigenvalue weighted by Crippen LogP contribution is -2.50. The zero-order valence-corrected chi connectivity index (χ0v) is 15.5. The Hall–Kier alpha value is -1.53. The number of unbranched alkanes of at least 4 members (excludes halogenated alkanes) is 1. The monoisotopic (exact) mass is 357 g/mol. The van der Waals surface area contributed by atoms with Crippen molar-refractivity contribution in [3.63, 3.8) is 0 Å². The second-order valence-corrected chi connectivity index (χ2v) is 6.20. The minimum Gasteiger partial charge on any atom is -0.480 e. The molecule has 0 aliphatic rings. The minimum atomic E-state index is -0.667. The molecule has 3 N–H and O–H groups in total. The van der Waals surface area contributed by atoms with Crippen LogP contribution in [0.3, 0.4) is 0 Å². The van der Waals surface area contributed by atoms with E-state index < -0.39 is 6.10 Å². The molecule has 1 amide bonds. The molecule has 0 aromatic heterocycles. The zero-order chi connectivity index (χ0) is 17.4. The molecule has 128 valence electrons. The van der Waals surface area contributed by atoms with E-state index in [9.17, 15) is 4.79 Å². The van der Waals surface area contributed by atoms with Gasteiger partial charge in [0.15, 0.2) is 11.2 Å². The first-order valence-corrected chi connectivity index (χ1v) is 8.40. The van der Waals surface area contributed by atoms with Gasteiger partial charge < -0.3 is 10.1 Å². The number of carbonyl (C=O) groups is 1. The van der Waals surface area contributed by atoms with Crippen LogP contribution in [0, 0.1) is 13.8 Å². The van der Waals surface area contributed by atoms with Gasteiger partial charge in [-0.1, -0.05) is 24.9 Å². The highest BCUT2D eigenvalue weighted by molar-refractivity contribution is 7.80. The van der Waals surface area contributed by atoms with Gasteiger partial charge in [-0.2, -0.15) is 0 Å². The maximum Gasteiger partial charge on any atom is 0.279 e. The average Bonchev–Trinajstić information content (AvgIpc) is 2.48. The summed E-state index contributed by atoms with van der Waals surface area (Å²) >= 11 is 11.1. The van der Waals surface area contributed by atoms with E-state index in [2.05, 4.69) is 23.1 Å². The van der Waals surface area contributed by atoms with Gasteiger partial charge in [0.05, 0.1) is 0 Å². The summed E-state index contributed by atoms with van der Waals surface area (Å²) in [6.45, 7) is 8.33. The Morgan fingerprint density at radius 1 is 1.30 bits per heavy atom. The number of hydrogen-bond donors (Lipinski definition) is 3. The Kier molecular flexibility index (Phi) is 8.12. The van der Waals surface area contributed by atoms with Crippen molar-refractivity contribution in [1.82, 2.24) is 16.2 Å². The number of amides is 1. The lowest BCUT2D eigenvalue weighted by molar-refractivity contribution is -0.127. The van der Waals surface area contributed by atoms with E-state index in [1.165, 1.54) is 0 Å². The van der Waals surface area contributed by atoms with E-state index in [0.717, 1.165) is 30.5 Å². The van der Waals surface area contributed by atoms with E-state index in [-0.39, 0.29) is 5.91 Å². The number of benzene rings is 1. The predicted octanol–water partition coefficient (Wildman–Crippen LogP) is 3.02. The molecule has 0 fully saturated rings. The second kappa shape index (κ2) is 9.57. The summed E-state index contributed by atoms with van der Waals surface area (Å²) in [4.78, 5) is 12.1. The summed E-state index contributed by atoms with van der Waals surface area (Å²) in [6.07, 6.45) is 1.43. The Morgan fingerprint density at radius 3 is 2.48 bits per heavy atom. The fourth-order valence-corrected chi connectivity index (χ4v) is 2.44. The zero-order valence-electron chi connectivity index (χ0n) is 14.0. The quantitative estimate of drug-likeness (QED) is 0.415. The SMILES string of the molecule is CCCCNC(=S)NNC(=O)[C@@H](C)Oc1c(C)cc(Cl)cc1C. The molecule has 0 bridgehead atoms. The highest BCUT2D eigenvalue weighted by atomic mass is 35.5. The summed E-state index contributed by atoms with van der Waals surface area (Å²) in [6, 6.07) is 3.61. The molecule has 1 aromatic carbocycles. The predicted molar refractivity (Wildman–Crippen MR) is 97.8 cm³/mol. The minimum absolute atomic E-state index is 0.307. The first-order valence-electron chi connectivity index (χ1n) is 7.62. The molecule has 0 heterocycles. The first-order chi connectivity index (χ1) is 10.8. The Labute approximate surface area is 148 Å². The van der Waals surface area contributed by atoms with Crippen LogP contribution in [0.2, 0.25) is 5.02 Å². The summed E-state index contributed by atoms with van der Waals surface area (Å²) in [5, 5.41) is 4.04. The number of rotatable bonds is 6. The standard InChI is InChI=1S/C16H24ClN3O2S/c1-5-6-7-18-16(23)20-19-15(21)12(4)22-14-10(2)8-13(17)9-11(14)3/h8-9,12H,5-7H2,1-4H3,(H,19,21)(H2,18,20,23)/t12-/m1/s1. The van der Waals surface area contributed by atoms with Crippen molar-refractivity contribution in [3.8, 4) is 5.75 Å². The van der Waals surface area contributed by atoms with Crippen LogP contribution >= 0.6 is 23.8 Å². The van der Waals surface area contributed by atoms with Crippen LogP contribution in [0.4, 0.5) is 0 Å². The highest BCUT2D eigenvalue weighted by Crippen LogP contribution is 2.27. The van der Waals surface area contributed by atoms with Crippen molar-refractivity contribution in [3.05, 3.63) is 28.3 Å². The third-order valence-corrected chi connectivity index (χ3v) is 3.67. The molecule has 0 saturated carbocycles. The van der Waals surface area contributed by atoms with Gasteiger partial charge in [-0.25, -0.2) is 0 Å². The van der Waals surface area contributed by atoms with E-state index in [1.807, 2.05) is 13.8 Å². The largest absolute Gasteiger partial charge is 0.480 e. The van der Waals surface area contributed by atoms with Crippen LogP contribution in [-0.4, -0.2) is 23.7 Å². The fraction of sp³-hybridized carbons (Fsp3) is 0.500. The number of carbonyl (C=O) groups excluding carboxylic acids is 1. The van der Waals surface area contributed by atoms with Crippen molar-refractivity contribution in [2.24, 2.45) is 0 Å². The van der Waals surface area contributed by atoms with E-state index in [4.69, 9.17) is 28.6 Å². The number of ether oxygens (including phenoxy) is 1.